The fourth-order valence-electron chi connectivity index (χ4n) is 3.60. The Morgan fingerprint density at radius 1 is 0.875 bits per heavy atom. The van der Waals surface area contributed by atoms with Crippen LogP contribution in [-0.2, 0) is 28.5 Å². The highest BCUT2D eigenvalue weighted by Crippen LogP contribution is 2.33. The molecule has 0 radical (unpaired) electrons. The smallest absolute Gasteiger partial charge is 0.170 e. The molecule has 1 aromatic carbocycles. The molecule has 0 aliphatic heterocycles. The van der Waals surface area contributed by atoms with E-state index in [-0.39, 0.29) is 18.7 Å². The van der Waals surface area contributed by atoms with Gasteiger partial charge in [0.15, 0.2) is 5.60 Å². The van der Waals surface area contributed by atoms with Gasteiger partial charge in [0.1, 0.15) is 36.9 Å². The summed E-state index contributed by atoms with van der Waals surface area (Å²) in [5.41, 5.74) is -1.25. The molecule has 10 heteroatoms. The van der Waals surface area contributed by atoms with E-state index in [1.807, 2.05) is 0 Å². The highest BCUT2D eigenvalue weighted by molar-refractivity contribution is 5.25. The SMILES string of the molecule is CCCCCCCCCOOC(Cn1cncn1)(Cn1cncn1)c1ccc(F)cc1F. The lowest BCUT2D eigenvalue weighted by atomic mass is 9.92. The van der Waals surface area contributed by atoms with E-state index in [0.717, 1.165) is 25.3 Å². The fourth-order valence-corrected chi connectivity index (χ4v) is 3.60. The van der Waals surface area contributed by atoms with E-state index < -0.39 is 17.2 Å². The van der Waals surface area contributed by atoms with Crippen molar-refractivity contribution in [1.29, 1.82) is 0 Å². The summed E-state index contributed by atoms with van der Waals surface area (Å²) in [7, 11) is 0. The maximum atomic E-state index is 14.9. The molecule has 0 bridgehead atoms. The van der Waals surface area contributed by atoms with Crippen LogP contribution in [0.4, 0.5) is 8.78 Å². The molecule has 0 amide bonds. The largest absolute Gasteiger partial charge is 0.250 e. The second-order valence-electron chi connectivity index (χ2n) is 7.83. The highest BCUT2D eigenvalue weighted by atomic mass is 19.1. The van der Waals surface area contributed by atoms with E-state index >= 15 is 0 Å². The lowest BCUT2D eigenvalue weighted by molar-refractivity contribution is -0.375. The standard InChI is InChI=1S/C22H30F2N6O2/c1-2-3-4-5-6-7-8-11-31-32-22(13-29-17-25-15-27-29,14-30-18-26-16-28-30)20-10-9-19(23)12-21(20)24/h9-10,12,15-18H,2-8,11,13-14H2,1H3. The van der Waals surface area contributed by atoms with E-state index in [1.54, 1.807) is 0 Å². The zero-order valence-corrected chi connectivity index (χ0v) is 18.4. The number of hydrogen-bond donors (Lipinski definition) is 0. The Balaban J connectivity index is 1.74. The first kappa shape index (κ1) is 23.9. The highest BCUT2D eigenvalue weighted by Gasteiger charge is 2.40. The fraction of sp³-hybridized carbons (Fsp3) is 0.545. The number of nitrogens with zero attached hydrogens (tertiary/aromatic N) is 6. The number of halogens is 2. The Morgan fingerprint density at radius 3 is 2.06 bits per heavy atom. The van der Waals surface area contributed by atoms with Gasteiger partial charge < -0.3 is 0 Å². The van der Waals surface area contributed by atoms with E-state index in [0.29, 0.717) is 6.61 Å². The van der Waals surface area contributed by atoms with Crippen molar-refractivity contribution < 1.29 is 18.6 Å². The van der Waals surface area contributed by atoms with Gasteiger partial charge in [0, 0.05) is 11.6 Å². The Hall–Kier alpha value is -2.72. The molecule has 0 aliphatic rings. The molecule has 0 saturated heterocycles. The molecular formula is C22H30F2N6O2. The third-order valence-electron chi connectivity index (χ3n) is 5.24. The number of unbranched alkanes of at least 4 members (excludes halogenated alkanes) is 6. The van der Waals surface area contributed by atoms with E-state index in [1.165, 1.54) is 72.5 Å². The van der Waals surface area contributed by atoms with Gasteiger partial charge in [0.25, 0.3) is 0 Å². The molecule has 2 heterocycles. The van der Waals surface area contributed by atoms with Crippen molar-refractivity contribution in [3.8, 4) is 0 Å². The molecule has 3 rings (SSSR count). The minimum atomic E-state index is -1.37. The van der Waals surface area contributed by atoms with Crippen LogP contribution in [0.2, 0.25) is 0 Å². The molecule has 3 aromatic rings. The van der Waals surface area contributed by atoms with E-state index in [9.17, 15) is 8.78 Å². The summed E-state index contributed by atoms with van der Waals surface area (Å²) in [6, 6.07) is 3.37. The van der Waals surface area contributed by atoms with Crippen molar-refractivity contribution in [2.24, 2.45) is 0 Å². The predicted octanol–water partition coefficient (Wildman–Crippen LogP) is 4.44. The van der Waals surface area contributed by atoms with Crippen LogP contribution >= 0.6 is 0 Å². The van der Waals surface area contributed by atoms with Crippen LogP contribution in [0, 0.1) is 11.6 Å². The first-order chi connectivity index (χ1) is 15.6. The summed E-state index contributed by atoms with van der Waals surface area (Å²) in [6.07, 6.45) is 13.7. The maximum absolute atomic E-state index is 14.9. The molecule has 0 N–H and O–H groups in total. The molecular weight excluding hydrogens is 418 g/mol. The third kappa shape index (κ3) is 6.89. The van der Waals surface area contributed by atoms with Gasteiger partial charge in [-0.25, -0.2) is 37.9 Å². The number of rotatable bonds is 15. The van der Waals surface area contributed by atoms with Crippen molar-refractivity contribution in [2.45, 2.75) is 70.6 Å². The summed E-state index contributed by atoms with van der Waals surface area (Å²) in [5, 5.41) is 8.25. The molecule has 0 aliphatic carbocycles. The normalized spacial score (nSPS) is 11.8. The van der Waals surface area contributed by atoms with Crippen molar-refractivity contribution in [3.63, 3.8) is 0 Å². The predicted molar refractivity (Wildman–Crippen MR) is 113 cm³/mol. The van der Waals surface area contributed by atoms with Gasteiger partial charge in [0.2, 0.25) is 0 Å². The number of hydrogen-bond acceptors (Lipinski definition) is 6. The average molecular weight is 449 g/mol. The van der Waals surface area contributed by atoms with Gasteiger partial charge in [-0.15, -0.1) is 0 Å². The molecule has 0 atom stereocenters. The molecule has 0 fully saturated rings. The minimum absolute atomic E-state index is 0.0758. The third-order valence-corrected chi connectivity index (χ3v) is 5.24. The second-order valence-corrected chi connectivity index (χ2v) is 7.83. The maximum Gasteiger partial charge on any atom is 0.170 e. The summed E-state index contributed by atoms with van der Waals surface area (Å²) in [6.45, 7) is 2.70. The Kier molecular flexibility index (Phi) is 9.24. The molecule has 2 aromatic heterocycles. The van der Waals surface area contributed by atoms with Crippen LogP contribution < -0.4 is 0 Å². The van der Waals surface area contributed by atoms with Crippen molar-refractivity contribution >= 4 is 0 Å². The van der Waals surface area contributed by atoms with Gasteiger partial charge in [-0.2, -0.15) is 10.2 Å². The monoisotopic (exact) mass is 448 g/mol. The molecule has 8 nitrogen and oxygen atoms in total. The van der Waals surface area contributed by atoms with Crippen LogP contribution in [-0.4, -0.2) is 36.1 Å². The zero-order valence-electron chi connectivity index (χ0n) is 18.4. The van der Waals surface area contributed by atoms with Gasteiger partial charge in [-0.05, 0) is 12.5 Å². The minimum Gasteiger partial charge on any atom is -0.250 e. The van der Waals surface area contributed by atoms with Crippen LogP contribution in [0.15, 0.2) is 43.5 Å². The van der Waals surface area contributed by atoms with Gasteiger partial charge in [-0.3, -0.25) is 0 Å². The molecule has 0 unspecified atom stereocenters. The zero-order chi connectivity index (χ0) is 22.7. The first-order valence-corrected chi connectivity index (χ1v) is 11.0. The van der Waals surface area contributed by atoms with Crippen molar-refractivity contribution in [1.82, 2.24) is 29.5 Å². The Labute approximate surface area is 186 Å². The first-order valence-electron chi connectivity index (χ1n) is 11.0. The van der Waals surface area contributed by atoms with Crippen molar-refractivity contribution in [3.05, 3.63) is 60.7 Å². The van der Waals surface area contributed by atoms with Gasteiger partial charge in [0.05, 0.1) is 19.7 Å². The van der Waals surface area contributed by atoms with Gasteiger partial charge >= 0.3 is 0 Å². The molecule has 0 spiro atoms. The second kappa shape index (κ2) is 12.4. The Bertz CT molecular complexity index is 869. The van der Waals surface area contributed by atoms with E-state index in [4.69, 9.17) is 9.78 Å². The summed E-state index contributed by atoms with van der Waals surface area (Å²) >= 11 is 0. The molecule has 174 valence electrons. The van der Waals surface area contributed by atoms with Crippen LogP contribution in [0.3, 0.4) is 0 Å². The lowest BCUT2D eigenvalue weighted by Gasteiger charge is -2.32. The Morgan fingerprint density at radius 2 is 1.50 bits per heavy atom. The van der Waals surface area contributed by atoms with Crippen LogP contribution in [0.5, 0.6) is 0 Å². The average Bonchev–Trinajstić information content (AvgIpc) is 3.47. The molecule has 0 saturated carbocycles. The van der Waals surface area contributed by atoms with Crippen LogP contribution in [0.25, 0.3) is 0 Å². The van der Waals surface area contributed by atoms with Crippen molar-refractivity contribution in [2.75, 3.05) is 6.61 Å². The topological polar surface area (TPSA) is 79.9 Å². The lowest BCUT2D eigenvalue weighted by Crippen LogP contribution is -2.40. The summed E-state index contributed by atoms with van der Waals surface area (Å²) in [4.78, 5) is 19.4. The summed E-state index contributed by atoms with van der Waals surface area (Å²) < 4.78 is 31.6. The number of aromatic nitrogens is 6. The van der Waals surface area contributed by atoms with E-state index in [2.05, 4.69) is 27.1 Å². The van der Waals surface area contributed by atoms with Crippen LogP contribution in [0.1, 0.15) is 57.4 Å². The quantitative estimate of drug-likeness (QED) is 0.194. The van der Waals surface area contributed by atoms with Gasteiger partial charge in [-0.1, -0.05) is 51.5 Å². The molecule has 32 heavy (non-hydrogen) atoms. The number of benzene rings is 1. The summed E-state index contributed by atoms with van der Waals surface area (Å²) in [5.74, 6) is -1.42.